The fourth-order valence-electron chi connectivity index (χ4n) is 1.49. The number of benzene rings is 1. The van der Waals surface area contributed by atoms with Crippen LogP contribution in [0.3, 0.4) is 0 Å². The number of carbonyl (C=O) groups is 3. The Morgan fingerprint density at radius 3 is 2.60 bits per heavy atom. The van der Waals surface area contributed by atoms with Gasteiger partial charge in [-0.3, -0.25) is 4.79 Å². The molecule has 0 atom stereocenters. The van der Waals surface area contributed by atoms with Crippen LogP contribution in [0.4, 0.5) is 4.79 Å². The van der Waals surface area contributed by atoms with E-state index in [0.29, 0.717) is 5.56 Å². The second-order valence-electron chi connectivity index (χ2n) is 4.19. The lowest BCUT2D eigenvalue weighted by Gasteiger charge is -2.17. The average molecular weight is 279 g/mol. The Bertz CT molecular complexity index is 516. The smallest absolute Gasteiger partial charge is 0.335 e. The second kappa shape index (κ2) is 7.13. The molecule has 0 heterocycles. The lowest BCUT2D eigenvalue weighted by molar-refractivity contribution is -0.120. The summed E-state index contributed by atoms with van der Waals surface area (Å²) in [4.78, 5) is 34.9. The van der Waals surface area contributed by atoms with Crippen LogP contribution in [0.2, 0.25) is 0 Å². The van der Waals surface area contributed by atoms with E-state index >= 15 is 0 Å². The van der Waals surface area contributed by atoms with Crippen LogP contribution in [0, 0.1) is 0 Å². The summed E-state index contributed by atoms with van der Waals surface area (Å²) in [6, 6.07) is 5.88. The van der Waals surface area contributed by atoms with Crippen LogP contribution in [0.25, 0.3) is 0 Å². The molecule has 3 N–H and O–H groups in total. The molecule has 1 rings (SSSR count). The van der Waals surface area contributed by atoms with E-state index in [1.54, 1.807) is 12.1 Å². The number of nitrogens with zero attached hydrogens (tertiary/aromatic N) is 1. The van der Waals surface area contributed by atoms with Gasteiger partial charge in [0.2, 0.25) is 5.91 Å². The number of nitrogens with one attached hydrogen (secondary N) is 2. The molecule has 0 radical (unpaired) electrons. The Morgan fingerprint density at radius 2 is 2.00 bits per heavy atom. The third-order valence-corrected chi connectivity index (χ3v) is 2.62. The van der Waals surface area contributed by atoms with Crippen molar-refractivity contribution in [2.45, 2.75) is 6.54 Å². The lowest BCUT2D eigenvalue weighted by Crippen LogP contribution is -2.42. The van der Waals surface area contributed by atoms with Gasteiger partial charge >= 0.3 is 12.0 Å². The molecule has 0 aliphatic carbocycles. The van der Waals surface area contributed by atoms with Crippen molar-refractivity contribution < 1.29 is 19.5 Å². The maximum atomic E-state index is 11.7. The summed E-state index contributed by atoms with van der Waals surface area (Å²) in [7, 11) is 2.99. The fourth-order valence-corrected chi connectivity index (χ4v) is 1.49. The van der Waals surface area contributed by atoms with Crippen LogP contribution in [-0.2, 0) is 11.3 Å². The number of hydrogen-bond acceptors (Lipinski definition) is 3. The van der Waals surface area contributed by atoms with Gasteiger partial charge in [0.25, 0.3) is 0 Å². The van der Waals surface area contributed by atoms with Crippen molar-refractivity contribution in [3.63, 3.8) is 0 Å². The molecule has 0 aliphatic rings. The van der Waals surface area contributed by atoms with Gasteiger partial charge in [0.1, 0.15) is 6.54 Å². The summed E-state index contributed by atoms with van der Waals surface area (Å²) in [6.07, 6.45) is 0. The SMILES string of the molecule is CNC(=O)CN(C)C(=O)NCc1cccc(C(=O)O)c1. The molecular formula is C13H17N3O4. The van der Waals surface area contributed by atoms with Gasteiger partial charge in [0, 0.05) is 20.6 Å². The van der Waals surface area contributed by atoms with Crippen LogP contribution in [-0.4, -0.2) is 48.6 Å². The van der Waals surface area contributed by atoms with E-state index in [4.69, 9.17) is 5.11 Å². The minimum absolute atomic E-state index is 0.0441. The molecule has 0 saturated heterocycles. The fraction of sp³-hybridized carbons (Fsp3) is 0.308. The zero-order chi connectivity index (χ0) is 15.1. The minimum atomic E-state index is -1.02. The lowest BCUT2D eigenvalue weighted by atomic mass is 10.1. The van der Waals surface area contributed by atoms with Crippen molar-refractivity contribution in [1.29, 1.82) is 0 Å². The molecule has 0 saturated carbocycles. The Balaban J connectivity index is 2.54. The molecule has 1 aromatic rings. The van der Waals surface area contributed by atoms with Crippen molar-refractivity contribution in [1.82, 2.24) is 15.5 Å². The molecule has 20 heavy (non-hydrogen) atoms. The van der Waals surface area contributed by atoms with E-state index in [1.165, 1.54) is 31.1 Å². The first-order valence-corrected chi connectivity index (χ1v) is 5.96. The number of carboxylic acids is 1. The first-order chi connectivity index (χ1) is 9.43. The van der Waals surface area contributed by atoms with E-state index in [1.807, 2.05) is 0 Å². The summed E-state index contributed by atoms with van der Waals surface area (Å²) >= 11 is 0. The highest BCUT2D eigenvalue weighted by Crippen LogP contribution is 2.05. The van der Waals surface area contributed by atoms with Gasteiger partial charge in [-0.1, -0.05) is 12.1 Å². The number of likely N-dealkylation sites (N-methyl/N-ethyl adjacent to an activating group) is 2. The summed E-state index contributed by atoms with van der Waals surface area (Å²) in [5, 5.41) is 13.9. The number of urea groups is 1. The van der Waals surface area contributed by atoms with E-state index in [-0.39, 0.29) is 24.6 Å². The number of aromatic carboxylic acids is 1. The molecular weight excluding hydrogens is 262 g/mol. The van der Waals surface area contributed by atoms with Crippen LogP contribution in [0.5, 0.6) is 0 Å². The molecule has 0 unspecified atom stereocenters. The Hall–Kier alpha value is -2.57. The predicted octanol–water partition coefficient (Wildman–Crippen LogP) is 0.272. The van der Waals surface area contributed by atoms with Crippen LogP contribution in [0.1, 0.15) is 15.9 Å². The molecule has 0 bridgehead atoms. The molecule has 7 nitrogen and oxygen atoms in total. The number of carbonyl (C=O) groups excluding carboxylic acids is 2. The number of hydrogen-bond donors (Lipinski definition) is 3. The molecule has 1 aromatic carbocycles. The molecule has 0 fully saturated rings. The molecule has 0 spiro atoms. The van der Waals surface area contributed by atoms with Gasteiger partial charge in [-0.15, -0.1) is 0 Å². The van der Waals surface area contributed by atoms with Crippen LogP contribution in [0.15, 0.2) is 24.3 Å². The van der Waals surface area contributed by atoms with Gasteiger partial charge in [-0.25, -0.2) is 9.59 Å². The van der Waals surface area contributed by atoms with Gasteiger partial charge in [-0.2, -0.15) is 0 Å². The van der Waals surface area contributed by atoms with E-state index in [9.17, 15) is 14.4 Å². The van der Waals surface area contributed by atoms with Gasteiger partial charge in [-0.05, 0) is 17.7 Å². The quantitative estimate of drug-likeness (QED) is 0.720. The van der Waals surface area contributed by atoms with Crippen molar-refractivity contribution in [3.8, 4) is 0 Å². The Morgan fingerprint density at radius 1 is 1.30 bits per heavy atom. The zero-order valence-electron chi connectivity index (χ0n) is 11.3. The van der Waals surface area contributed by atoms with Crippen LogP contribution < -0.4 is 10.6 Å². The predicted molar refractivity (Wildman–Crippen MR) is 72.3 cm³/mol. The van der Waals surface area contributed by atoms with Gasteiger partial charge < -0.3 is 20.6 Å². The van der Waals surface area contributed by atoms with E-state index in [0.717, 1.165) is 0 Å². The van der Waals surface area contributed by atoms with Gasteiger partial charge in [0.15, 0.2) is 0 Å². The van der Waals surface area contributed by atoms with E-state index < -0.39 is 12.0 Å². The average Bonchev–Trinajstić information content (AvgIpc) is 2.44. The Labute approximate surface area is 116 Å². The van der Waals surface area contributed by atoms with E-state index in [2.05, 4.69) is 10.6 Å². The molecule has 7 heteroatoms. The summed E-state index contributed by atoms with van der Waals surface area (Å²) in [5.41, 5.74) is 0.835. The zero-order valence-corrected chi connectivity index (χ0v) is 11.3. The first-order valence-electron chi connectivity index (χ1n) is 5.96. The summed E-state index contributed by atoms with van der Waals surface area (Å²) in [6.45, 7) is 0.148. The third kappa shape index (κ3) is 4.60. The Kier molecular flexibility index (Phi) is 5.52. The topological polar surface area (TPSA) is 98.7 Å². The molecule has 108 valence electrons. The second-order valence-corrected chi connectivity index (χ2v) is 4.19. The third-order valence-electron chi connectivity index (χ3n) is 2.62. The largest absolute Gasteiger partial charge is 0.478 e. The van der Waals surface area contributed by atoms with Crippen molar-refractivity contribution in [2.24, 2.45) is 0 Å². The molecule has 3 amide bonds. The van der Waals surface area contributed by atoms with Crippen molar-refractivity contribution >= 4 is 17.9 Å². The number of amides is 3. The highest BCUT2D eigenvalue weighted by Gasteiger charge is 2.11. The highest BCUT2D eigenvalue weighted by molar-refractivity contribution is 5.87. The summed E-state index contributed by atoms with van der Waals surface area (Å²) in [5.74, 6) is -1.29. The standard InChI is InChI=1S/C13H17N3O4/c1-14-11(17)8-16(2)13(20)15-7-9-4-3-5-10(6-9)12(18)19/h3-6H,7-8H2,1-2H3,(H,14,17)(H,15,20)(H,18,19). The van der Waals surface area contributed by atoms with Crippen LogP contribution >= 0.6 is 0 Å². The van der Waals surface area contributed by atoms with Crippen molar-refractivity contribution in [2.75, 3.05) is 20.6 Å². The first kappa shape index (κ1) is 15.5. The summed E-state index contributed by atoms with van der Waals surface area (Å²) < 4.78 is 0. The molecule has 0 aliphatic heterocycles. The minimum Gasteiger partial charge on any atom is -0.478 e. The maximum Gasteiger partial charge on any atom is 0.335 e. The normalized spacial score (nSPS) is 9.70. The van der Waals surface area contributed by atoms with Gasteiger partial charge in [0.05, 0.1) is 5.56 Å². The maximum absolute atomic E-state index is 11.7. The number of rotatable bonds is 5. The highest BCUT2D eigenvalue weighted by atomic mass is 16.4. The van der Waals surface area contributed by atoms with Crippen molar-refractivity contribution in [3.05, 3.63) is 35.4 Å². The molecule has 0 aromatic heterocycles. The number of carboxylic acid groups (broad SMARTS) is 1. The monoisotopic (exact) mass is 279 g/mol.